The van der Waals surface area contributed by atoms with Gasteiger partial charge in [0.25, 0.3) is 5.91 Å². The van der Waals surface area contributed by atoms with Crippen molar-refractivity contribution in [2.75, 3.05) is 5.73 Å². The highest BCUT2D eigenvalue weighted by Crippen LogP contribution is 2.30. The van der Waals surface area contributed by atoms with Crippen molar-refractivity contribution in [1.82, 2.24) is 29.7 Å². The SMILES string of the molecule is CC(NC(=O)c1c(N)nn2cccnc12)c1oc2cccc(C#Cc3ccn(C)n3)c2c(=O)c1-c1ccccc1. The predicted molar refractivity (Wildman–Crippen MR) is 150 cm³/mol. The van der Waals surface area contributed by atoms with E-state index in [2.05, 4.69) is 32.3 Å². The maximum absolute atomic E-state index is 14.1. The Balaban J connectivity index is 1.48. The third-order valence-electron chi connectivity index (χ3n) is 6.44. The van der Waals surface area contributed by atoms with Crippen LogP contribution in [0.5, 0.6) is 0 Å². The van der Waals surface area contributed by atoms with Crippen molar-refractivity contribution in [3.05, 3.63) is 112 Å². The molecule has 196 valence electrons. The molecule has 0 saturated carbocycles. The third-order valence-corrected chi connectivity index (χ3v) is 6.44. The van der Waals surface area contributed by atoms with Crippen LogP contribution >= 0.6 is 0 Å². The van der Waals surface area contributed by atoms with Crippen molar-refractivity contribution < 1.29 is 9.21 Å². The number of rotatable bonds is 4. The van der Waals surface area contributed by atoms with E-state index in [-0.39, 0.29) is 16.8 Å². The van der Waals surface area contributed by atoms with Gasteiger partial charge in [-0.2, -0.15) is 5.10 Å². The number of hydrogen-bond donors (Lipinski definition) is 2. The number of fused-ring (bicyclic) bond motifs is 2. The minimum absolute atomic E-state index is 0.0442. The number of nitrogen functional groups attached to an aromatic ring is 1. The highest BCUT2D eigenvalue weighted by atomic mass is 16.3. The molecule has 1 amide bonds. The van der Waals surface area contributed by atoms with Crippen molar-refractivity contribution in [2.45, 2.75) is 13.0 Å². The molecule has 0 aliphatic carbocycles. The quantitative estimate of drug-likeness (QED) is 0.333. The van der Waals surface area contributed by atoms with E-state index in [4.69, 9.17) is 10.2 Å². The smallest absolute Gasteiger partial charge is 0.259 e. The Labute approximate surface area is 228 Å². The summed E-state index contributed by atoms with van der Waals surface area (Å²) < 4.78 is 9.45. The molecule has 4 heterocycles. The average molecular weight is 530 g/mol. The van der Waals surface area contributed by atoms with E-state index in [0.29, 0.717) is 44.8 Å². The van der Waals surface area contributed by atoms with Gasteiger partial charge in [0.1, 0.15) is 22.6 Å². The lowest BCUT2D eigenvalue weighted by molar-refractivity contribution is 0.0938. The number of anilines is 1. The lowest BCUT2D eigenvalue weighted by Crippen LogP contribution is -2.28. The van der Waals surface area contributed by atoms with Crippen molar-refractivity contribution in [2.24, 2.45) is 7.05 Å². The van der Waals surface area contributed by atoms with Gasteiger partial charge in [-0.05, 0) is 42.7 Å². The van der Waals surface area contributed by atoms with Crippen molar-refractivity contribution in [3.8, 4) is 23.0 Å². The van der Waals surface area contributed by atoms with Crippen LogP contribution in [0, 0.1) is 11.8 Å². The van der Waals surface area contributed by atoms with E-state index >= 15 is 0 Å². The minimum Gasteiger partial charge on any atom is -0.458 e. The van der Waals surface area contributed by atoms with Gasteiger partial charge in [0.2, 0.25) is 5.43 Å². The standard InChI is InChI=1S/C30H23N7O3/c1-18(33-30(39)25-28(31)35-37-16-7-15-32-29(25)37)27-24(19-8-4-3-5-9-19)26(38)23-20(10-6-11-22(23)40-27)12-13-21-14-17-36(2)34-21/h3-11,14-18H,1-2H3,(H2,31,35)(H,33,39). The van der Waals surface area contributed by atoms with E-state index in [0.717, 1.165) is 0 Å². The van der Waals surface area contributed by atoms with Gasteiger partial charge in [-0.1, -0.05) is 42.3 Å². The van der Waals surface area contributed by atoms with Crippen LogP contribution in [0.1, 0.15) is 40.3 Å². The molecule has 0 fully saturated rings. The zero-order chi connectivity index (χ0) is 27.8. The first-order valence-electron chi connectivity index (χ1n) is 12.5. The number of aromatic nitrogens is 5. The first-order valence-corrected chi connectivity index (χ1v) is 12.5. The van der Waals surface area contributed by atoms with Gasteiger partial charge in [-0.3, -0.25) is 14.3 Å². The number of hydrogen-bond acceptors (Lipinski definition) is 7. The molecule has 0 saturated heterocycles. The third kappa shape index (κ3) is 4.35. The molecule has 0 aliphatic rings. The Morgan fingerprint density at radius 3 is 2.62 bits per heavy atom. The summed E-state index contributed by atoms with van der Waals surface area (Å²) in [4.78, 5) is 31.7. The van der Waals surface area contributed by atoms with Crippen LogP contribution in [0.3, 0.4) is 0 Å². The van der Waals surface area contributed by atoms with E-state index in [1.54, 1.807) is 60.5 Å². The van der Waals surface area contributed by atoms with Crippen LogP contribution in [0.2, 0.25) is 0 Å². The van der Waals surface area contributed by atoms with Crippen LogP contribution in [-0.4, -0.2) is 30.3 Å². The first-order chi connectivity index (χ1) is 19.4. The van der Waals surface area contributed by atoms with Gasteiger partial charge >= 0.3 is 0 Å². The number of nitrogens with two attached hydrogens (primary N) is 1. The number of aryl methyl sites for hydroxylation is 1. The van der Waals surface area contributed by atoms with Gasteiger partial charge in [0.15, 0.2) is 11.5 Å². The normalized spacial score (nSPS) is 11.8. The maximum atomic E-state index is 14.1. The van der Waals surface area contributed by atoms with Gasteiger partial charge in [0, 0.05) is 31.2 Å². The monoisotopic (exact) mass is 529 g/mol. The van der Waals surface area contributed by atoms with Crippen LogP contribution in [0.4, 0.5) is 5.82 Å². The molecule has 6 rings (SSSR count). The summed E-state index contributed by atoms with van der Waals surface area (Å²) in [5.41, 5.74) is 8.70. The molecule has 40 heavy (non-hydrogen) atoms. The van der Waals surface area contributed by atoms with Crippen LogP contribution < -0.4 is 16.5 Å². The number of benzene rings is 2. The Bertz CT molecular complexity index is 2030. The molecule has 10 nitrogen and oxygen atoms in total. The second-order valence-electron chi connectivity index (χ2n) is 9.18. The molecule has 1 unspecified atom stereocenters. The molecule has 3 N–H and O–H groups in total. The largest absolute Gasteiger partial charge is 0.458 e. The highest BCUT2D eigenvalue weighted by molar-refractivity contribution is 6.04. The summed E-state index contributed by atoms with van der Waals surface area (Å²) in [7, 11) is 1.81. The van der Waals surface area contributed by atoms with Crippen LogP contribution in [0.25, 0.3) is 27.7 Å². The summed E-state index contributed by atoms with van der Waals surface area (Å²) in [6, 6.07) is 17.2. The first kappa shape index (κ1) is 24.6. The minimum atomic E-state index is -0.707. The molecular weight excluding hydrogens is 506 g/mol. The molecule has 0 spiro atoms. The summed E-state index contributed by atoms with van der Waals surface area (Å²) >= 11 is 0. The maximum Gasteiger partial charge on any atom is 0.259 e. The molecule has 0 aliphatic heterocycles. The predicted octanol–water partition coefficient (Wildman–Crippen LogP) is 3.71. The Hall–Kier alpha value is -5.69. The number of nitrogens with one attached hydrogen (secondary N) is 1. The Morgan fingerprint density at radius 2 is 1.85 bits per heavy atom. The van der Waals surface area contributed by atoms with E-state index < -0.39 is 11.9 Å². The molecule has 4 aromatic heterocycles. The van der Waals surface area contributed by atoms with Crippen molar-refractivity contribution >= 4 is 28.3 Å². The average Bonchev–Trinajstić information content (AvgIpc) is 3.53. The lowest BCUT2D eigenvalue weighted by atomic mass is 9.97. The molecule has 0 radical (unpaired) electrons. The number of carbonyl (C=O) groups excluding carboxylic acids is 1. The summed E-state index contributed by atoms with van der Waals surface area (Å²) in [5.74, 6) is 5.94. The van der Waals surface area contributed by atoms with Gasteiger partial charge in [-0.15, -0.1) is 5.10 Å². The lowest BCUT2D eigenvalue weighted by Gasteiger charge is -2.18. The van der Waals surface area contributed by atoms with E-state index in [9.17, 15) is 9.59 Å². The van der Waals surface area contributed by atoms with E-state index in [1.807, 2.05) is 37.4 Å². The summed E-state index contributed by atoms with van der Waals surface area (Å²) in [6.45, 7) is 1.74. The molecule has 0 bridgehead atoms. The fraction of sp³-hybridized carbons (Fsp3) is 0.100. The van der Waals surface area contributed by atoms with Crippen LogP contribution in [0.15, 0.2) is 88.5 Å². The molecule has 10 heteroatoms. The topological polar surface area (TPSA) is 133 Å². The number of amides is 1. The molecule has 1 atom stereocenters. The van der Waals surface area contributed by atoms with Gasteiger partial charge in [-0.25, -0.2) is 9.50 Å². The highest BCUT2D eigenvalue weighted by Gasteiger charge is 2.26. The second-order valence-corrected chi connectivity index (χ2v) is 9.18. The van der Waals surface area contributed by atoms with Gasteiger partial charge in [0.05, 0.1) is 17.0 Å². The van der Waals surface area contributed by atoms with E-state index in [1.165, 1.54) is 4.52 Å². The number of carbonyl (C=O) groups is 1. The summed E-state index contributed by atoms with van der Waals surface area (Å²) in [6.07, 6.45) is 5.01. The van der Waals surface area contributed by atoms with Crippen LogP contribution in [-0.2, 0) is 7.05 Å². The molecule has 6 aromatic rings. The second kappa shape index (κ2) is 9.89. The summed E-state index contributed by atoms with van der Waals surface area (Å²) in [5, 5.41) is 11.7. The zero-order valence-electron chi connectivity index (χ0n) is 21.6. The molecular formula is C30H23N7O3. The Morgan fingerprint density at radius 1 is 1.02 bits per heavy atom. The van der Waals surface area contributed by atoms with Gasteiger partial charge < -0.3 is 15.5 Å². The van der Waals surface area contributed by atoms with Crippen molar-refractivity contribution in [1.29, 1.82) is 0 Å². The fourth-order valence-electron chi connectivity index (χ4n) is 4.61. The zero-order valence-corrected chi connectivity index (χ0v) is 21.6. The van der Waals surface area contributed by atoms with Crippen molar-refractivity contribution in [3.63, 3.8) is 0 Å². The number of nitrogens with zero attached hydrogens (tertiary/aromatic N) is 5. The molecule has 2 aromatic carbocycles. The fourth-order valence-corrected chi connectivity index (χ4v) is 4.61. The Kier molecular flexibility index (Phi) is 6.09.